The highest BCUT2D eigenvalue weighted by Crippen LogP contribution is 2.43. The summed E-state index contributed by atoms with van der Waals surface area (Å²) in [6, 6.07) is 15.2. The SMILES string of the molecule is C[C@@H]1CCCCN1Cc1cnc(C(=O)Nc2cccc(-c3cccc(NC(=O)c4cc5c(cn4)CN(C)CC5)c3Cl)c2Cl)cc1C1CC1. The van der Waals surface area contributed by atoms with Gasteiger partial charge in [0.25, 0.3) is 11.8 Å². The number of piperidine rings is 1. The van der Waals surface area contributed by atoms with E-state index in [1.54, 1.807) is 18.3 Å². The maximum absolute atomic E-state index is 13.5. The summed E-state index contributed by atoms with van der Waals surface area (Å²) in [4.78, 5) is 40.5. The van der Waals surface area contributed by atoms with Crippen LogP contribution in [0.4, 0.5) is 11.4 Å². The Morgan fingerprint density at radius 2 is 1.48 bits per heavy atom. The third-order valence-corrected chi connectivity index (χ3v) is 10.7. The predicted molar refractivity (Wildman–Crippen MR) is 192 cm³/mol. The molecule has 7 rings (SSSR count). The minimum absolute atomic E-state index is 0.315. The average molecular weight is 684 g/mol. The number of carbonyl (C=O) groups excluding carboxylic acids is 2. The highest BCUT2D eigenvalue weighted by atomic mass is 35.5. The number of nitrogens with zero attached hydrogens (tertiary/aromatic N) is 4. The standard InChI is InChI=1S/C38H40Cl2N6O2/c1-23-7-3-4-15-46(23)22-27-20-42-34(18-30(27)24-12-13-24)38(48)44-32-11-6-9-29(36(32)40)28-8-5-10-31(35(28)39)43-37(47)33-17-25-14-16-45(2)21-26(25)19-41-33/h5-6,8-11,17-20,23-24H,3-4,7,12-16,21-22H2,1-2H3,(H,43,47)(H,44,48)/t23-/m1/s1. The van der Waals surface area contributed by atoms with Crippen molar-refractivity contribution in [3.63, 3.8) is 0 Å². The van der Waals surface area contributed by atoms with Crippen molar-refractivity contribution in [2.24, 2.45) is 0 Å². The van der Waals surface area contributed by atoms with Gasteiger partial charge in [-0.25, -0.2) is 0 Å². The number of fused-ring (bicyclic) bond motifs is 1. The molecule has 3 aliphatic rings. The number of amides is 2. The number of rotatable bonds is 8. The Kier molecular flexibility index (Phi) is 9.52. The summed E-state index contributed by atoms with van der Waals surface area (Å²) in [5.74, 6) is -0.163. The molecule has 1 aliphatic carbocycles. The highest BCUT2D eigenvalue weighted by molar-refractivity contribution is 6.40. The van der Waals surface area contributed by atoms with Gasteiger partial charge in [0.05, 0.1) is 21.4 Å². The summed E-state index contributed by atoms with van der Waals surface area (Å²) >= 11 is 13.8. The third kappa shape index (κ3) is 6.99. The molecular formula is C38H40Cl2N6O2. The van der Waals surface area contributed by atoms with Crippen LogP contribution in [0, 0.1) is 0 Å². The second-order valence-electron chi connectivity index (χ2n) is 13.4. The van der Waals surface area contributed by atoms with E-state index in [2.05, 4.69) is 44.4 Å². The lowest BCUT2D eigenvalue weighted by Crippen LogP contribution is -2.37. The number of anilines is 2. The number of pyridine rings is 2. The van der Waals surface area contributed by atoms with Gasteiger partial charge in [-0.1, -0.05) is 53.9 Å². The molecule has 4 aromatic rings. The Labute approximate surface area is 291 Å². The Bertz CT molecular complexity index is 1880. The number of likely N-dealkylation sites (tertiary alicyclic amines) is 1. The van der Waals surface area contributed by atoms with Gasteiger partial charge in [0.2, 0.25) is 0 Å². The van der Waals surface area contributed by atoms with Crippen LogP contribution in [-0.4, -0.2) is 57.8 Å². The zero-order valence-corrected chi connectivity index (χ0v) is 28.9. The molecule has 0 unspecified atom stereocenters. The lowest BCUT2D eigenvalue weighted by Gasteiger charge is -2.33. The lowest BCUT2D eigenvalue weighted by atomic mass is 9.99. The van der Waals surface area contributed by atoms with E-state index in [-0.39, 0.29) is 11.8 Å². The molecule has 2 N–H and O–H groups in total. The third-order valence-electron chi connectivity index (χ3n) is 9.89. The first-order valence-corrected chi connectivity index (χ1v) is 17.6. The van der Waals surface area contributed by atoms with E-state index in [0.717, 1.165) is 56.6 Å². The fourth-order valence-electron chi connectivity index (χ4n) is 6.89. The molecule has 10 heteroatoms. The largest absolute Gasteiger partial charge is 0.319 e. The van der Waals surface area contributed by atoms with Crippen LogP contribution in [0.1, 0.15) is 88.2 Å². The van der Waals surface area contributed by atoms with Crippen LogP contribution < -0.4 is 10.6 Å². The molecule has 0 bridgehead atoms. The van der Waals surface area contributed by atoms with Gasteiger partial charge in [-0.15, -0.1) is 0 Å². The zero-order valence-electron chi connectivity index (χ0n) is 27.4. The molecular weight excluding hydrogens is 643 g/mol. The lowest BCUT2D eigenvalue weighted by molar-refractivity contribution is 0.101. The van der Waals surface area contributed by atoms with E-state index in [9.17, 15) is 9.59 Å². The van der Waals surface area contributed by atoms with Crippen molar-refractivity contribution in [1.29, 1.82) is 0 Å². The molecule has 0 radical (unpaired) electrons. The number of hydrogen-bond donors (Lipinski definition) is 2. The molecule has 8 nitrogen and oxygen atoms in total. The summed E-state index contributed by atoms with van der Waals surface area (Å²) in [6.45, 7) is 6.04. The van der Waals surface area contributed by atoms with Crippen LogP contribution >= 0.6 is 23.2 Å². The van der Waals surface area contributed by atoms with Crippen molar-refractivity contribution in [2.45, 2.75) is 70.5 Å². The van der Waals surface area contributed by atoms with Crippen LogP contribution in [0.25, 0.3) is 11.1 Å². The van der Waals surface area contributed by atoms with Gasteiger partial charge in [-0.2, -0.15) is 0 Å². The molecule has 1 saturated heterocycles. The van der Waals surface area contributed by atoms with E-state index < -0.39 is 0 Å². The molecule has 2 aromatic heterocycles. The summed E-state index contributed by atoms with van der Waals surface area (Å²) in [6.07, 6.45) is 10.6. The Morgan fingerprint density at radius 1 is 0.833 bits per heavy atom. The second kappa shape index (κ2) is 14.0. The van der Waals surface area contributed by atoms with Crippen molar-refractivity contribution in [1.82, 2.24) is 19.8 Å². The van der Waals surface area contributed by atoms with Gasteiger partial charge >= 0.3 is 0 Å². The highest BCUT2D eigenvalue weighted by Gasteiger charge is 2.29. The van der Waals surface area contributed by atoms with Gasteiger partial charge in [-0.05, 0) is 105 Å². The van der Waals surface area contributed by atoms with Crippen molar-refractivity contribution in [3.8, 4) is 11.1 Å². The number of hydrogen-bond acceptors (Lipinski definition) is 6. The maximum atomic E-state index is 13.5. The number of halogens is 2. The smallest absolute Gasteiger partial charge is 0.274 e. The van der Waals surface area contributed by atoms with Gasteiger partial charge < -0.3 is 15.5 Å². The first-order chi connectivity index (χ1) is 23.2. The first-order valence-electron chi connectivity index (χ1n) is 16.8. The van der Waals surface area contributed by atoms with E-state index in [0.29, 0.717) is 55.9 Å². The summed E-state index contributed by atoms with van der Waals surface area (Å²) in [5, 5.41) is 6.58. The Morgan fingerprint density at radius 3 is 2.12 bits per heavy atom. The molecule has 2 fully saturated rings. The van der Waals surface area contributed by atoms with Crippen LogP contribution in [0.2, 0.25) is 10.0 Å². The quantitative estimate of drug-likeness (QED) is 0.195. The van der Waals surface area contributed by atoms with Gasteiger partial charge in [0.1, 0.15) is 11.4 Å². The van der Waals surface area contributed by atoms with Crippen molar-refractivity contribution < 1.29 is 9.59 Å². The Hall–Kier alpha value is -3.82. The second-order valence-corrected chi connectivity index (χ2v) is 14.2. The van der Waals surface area contributed by atoms with Gasteiger partial charge in [0.15, 0.2) is 0 Å². The zero-order chi connectivity index (χ0) is 33.4. The summed E-state index contributed by atoms with van der Waals surface area (Å²) < 4.78 is 0. The predicted octanol–water partition coefficient (Wildman–Crippen LogP) is 8.19. The fraction of sp³-hybridized carbons (Fsp3) is 0.368. The molecule has 1 atom stereocenters. The number of benzene rings is 2. The van der Waals surface area contributed by atoms with E-state index in [1.807, 2.05) is 42.6 Å². The number of carbonyl (C=O) groups is 2. The molecule has 2 aliphatic heterocycles. The summed E-state index contributed by atoms with van der Waals surface area (Å²) in [5.41, 5.74) is 7.60. The molecule has 2 amide bonds. The number of likely N-dealkylation sites (N-methyl/N-ethyl adjacent to an activating group) is 1. The molecule has 1 saturated carbocycles. The maximum Gasteiger partial charge on any atom is 0.274 e. The molecule has 48 heavy (non-hydrogen) atoms. The Balaban J connectivity index is 1.08. The van der Waals surface area contributed by atoms with Gasteiger partial charge in [0, 0.05) is 49.2 Å². The first kappa shape index (κ1) is 32.7. The minimum Gasteiger partial charge on any atom is -0.319 e. The molecule has 248 valence electrons. The van der Waals surface area contributed by atoms with Crippen molar-refractivity contribution >= 4 is 46.4 Å². The number of aromatic nitrogens is 2. The van der Waals surface area contributed by atoms with Gasteiger partial charge in [-0.3, -0.25) is 24.5 Å². The molecule has 4 heterocycles. The normalized spacial score (nSPS) is 18.3. The average Bonchev–Trinajstić information content (AvgIpc) is 3.93. The van der Waals surface area contributed by atoms with E-state index in [1.165, 1.54) is 30.4 Å². The molecule has 2 aromatic carbocycles. The monoisotopic (exact) mass is 682 g/mol. The van der Waals surface area contributed by atoms with Crippen LogP contribution in [0.5, 0.6) is 0 Å². The van der Waals surface area contributed by atoms with Crippen LogP contribution in [-0.2, 0) is 19.5 Å². The fourth-order valence-corrected chi connectivity index (χ4v) is 7.44. The van der Waals surface area contributed by atoms with E-state index in [4.69, 9.17) is 23.2 Å². The van der Waals surface area contributed by atoms with Crippen LogP contribution in [0.3, 0.4) is 0 Å². The molecule has 0 spiro atoms. The van der Waals surface area contributed by atoms with Crippen molar-refractivity contribution in [3.05, 3.63) is 105 Å². The number of nitrogens with one attached hydrogen (secondary N) is 2. The minimum atomic E-state index is -0.336. The van der Waals surface area contributed by atoms with E-state index >= 15 is 0 Å². The van der Waals surface area contributed by atoms with Crippen LogP contribution in [0.15, 0.2) is 60.9 Å². The summed E-state index contributed by atoms with van der Waals surface area (Å²) in [7, 11) is 2.07. The topological polar surface area (TPSA) is 90.5 Å². The van der Waals surface area contributed by atoms with Crippen molar-refractivity contribution in [2.75, 3.05) is 30.8 Å².